The molecule has 1 aromatic rings. The molecule has 2 unspecified atom stereocenters. The molecule has 2 saturated carbocycles. The number of rotatable bonds is 3. The van der Waals surface area contributed by atoms with Crippen molar-refractivity contribution in [3.63, 3.8) is 0 Å². The molecule has 0 radical (unpaired) electrons. The summed E-state index contributed by atoms with van der Waals surface area (Å²) in [6, 6.07) is 9.12. The largest absolute Gasteiger partial charge is 0.456 e. The molecule has 5 atom stereocenters. The van der Waals surface area contributed by atoms with Gasteiger partial charge in [0.2, 0.25) is 0 Å². The summed E-state index contributed by atoms with van der Waals surface area (Å²) in [6.07, 6.45) is 0.155. The van der Waals surface area contributed by atoms with Crippen LogP contribution in [0.25, 0.3) is 6.08 Å². The number of benzene rings is 1. The lowest BCUT2D eigenvalue weighted by atomic mass is 9.50. The highest BCUT2D eigenvalue weighted by atomic mass is 19.4. The molecule has 196 valence electrons. The van der Waals surface area contributed by atoms with Gasteiger partial charge in [0, 0.05) is 23.8 Å². The zero-order valence-corrected chi connectivity index (χ0v) is 20.4. The zero-order chi connectivity index (χ0) is 26.8. The molecule has 0 spiro atoms. The quantitative estimate of drug-likeness (QED) is 0.345. The zero-order valence-electron chi connectivity index (χ0n) is 20.4. The van der Waals surface area contributed by atoms with Crippen LogP contribution < -0.4 is 0 Å². The highest BCUT2D eigenvalue weighted by Crippen LogP contribution is 2.70. The van der Waals surface area contributed by atoms with Crippen molar-refractivity contribution in [1.29, 1.82) is 5.26 Å². The van der Waals surface area contributed by atoms with E-state index in [9.17, 15) is 23.1 Å². The molecule has 1 N–H and O–H groups in total. The minimum absolute atomic E-state index is 0.0451. The predicted molar refractivity (Wildman–Crippen MR) is 127 cm³/mol. The fourth-order valence-corrected chi connectivity index (χ4v) is 7.69. The van der Waals surface area contributed by atoms with E-state index in [4.69, 9.17) is 5.26 Å². The molecule has 0 saturated heterocycles. The molecular weight excluding hydrogens is 489 g/mol. The van der Waals surface area contributed by atoms with Crippen LogP contribution in [0, 0.1) is 28.6 Å². The maximum atomic E-state index is 15.0. The molecule has 1 aromatic carbocycles. The molecule has 4 aliphatic rings. The van der Waals surface area contributed by atoms with Crippen molar-refractivity contribution in [3.05, 3.63) is 64.3 Å². The van der Waals surface area contributed by atoms with Gasteiger partial charge in [-0.15, -0.1) is 0 Å². The van der Waals surface area contributed by atoms with Gasteiger partial charge in [0.25, 0.3) is 0 Å². The van der Waals surface area contributed by atoms with Crippen LogP contribution in [0.5, 0.6) is 0 Å². The normalized spacial score (nSPS) is 34.1. The van der Waals surface area contributed by atoms with E-state index in [0.29, 0.717) is 25.7 Å². The van der Waals surface area contributed by atoms with E-state index in [1.165, 1.54) is 13.0 Å². The number of allylic oxidation sites excluding steroid dienone is 5. The number of alkyl halides is 5. The summed E-state index contributed by atoms with van der Waals surface area (Å²) < 4.78 is 70.9. The molecule has 0 bridgehead atoms. The molecule has 5 rings (SSSR count). The summed E-state index contributed by atoms with van der Waals surface area (Å²) in [5, 5.41) is 20.1. The highest BCUT2D eigenvalue weighted by Gasteiger charge is 2.79. The molecule has 0 heterocycles. The number of halogens is 5. The van der Waals surface area contributed by atoms with E-state index in [1.54, 1.807) is 24.3 Å². The van der Waals surface area contributed by atoms with Gasteiger partial charge in [0.15, 0.2) is 5.78 Å². The van der Waals surface area contributed by atoms with Crippen molar-refractivity contribution in [2.24, 2.45) is 17.3 Å². The van der Waals surface area contributed by atoms with E-state index in [-0.39, 0.29) is 24.5 Å². The molecule has 37 heavy (non-hydrogen) atoms. The van der Waals surface area contributed by atoms with Crippen molar-refractivity contribution >= 4 is 11.9 Å². The molecule has 0 aromatic heterocycles. The molecule has 3 nitrogen and oxygen atoms in total. The number of nitriles is 1. The monoisotopic (exact) mass is 517 g/mol. The van der Waals surface area contributed by atoms with Crippen molar-refractivity contribution in [1.82, 2.24) is 0 Å². The number of fused-ring (bicyclic) bond motifs is 4. The number of hydrogen-bond acceptors (Lipinski definition) is 3. The maximum absolute atomic E-state index is 15.0. The first-order valence-corrected chi connectivity index (χ1v) is 12.6. The number of carbonyl (C=O) groups is 1. The van der Waals surface area contributed by atoms with Crippen LogP contribution >= 0.6 is 0 Å². The Hall–Kier alpha value is -2.79. The van der Waals surface area contributed by atoms with Crippen LogP contribution in [0.3, 0.4) is 0 Å². The summed E-state index contributed by atoms with van der Waals surface area (Å²) in [5.41, 5.74) is -0.348. The molecule has 4 aliphatic carbocycles. The molecule has 0 aliphatic heterocycles. The third kappa shape index (κ3) is 3.72. The first kappa shape index (κ1) is 25.8. The third-order valence-corrected chi connectivity index (χ3v) is 9.45. The van der Waals surface area contributed by atoms with Crippen molar-refractivity contribution in [2.45, 2.75) is 75.5 Å². The van der Waals surface area contributed by atoms with Crippen LogP contribution in [0.2, 0.25) is 0 Å². The van der Waals surface area contributed by atoms with Gasteiger partial charge in [-0.05, 0) is 84.8 Å². The Morgan fingerprint density at radius 3 is 2.43 bits per heavy atom. The maximum Gasteiger partial charge on any atom is 0.456 e. The third-order valence-electron chi connectivity index (χ3n) is 9.45. The number of nitrogens with zero attached hydrogens (tertiary/aromatic N) is 1. The first-order valence-electron chi connectivity index (χ1n) is 12.6. The van der Waals surface area contributed by atoms with Crippen molar-refractivity contribution in [3.8, 4) is 6.07 Å². The standard InChI is InChI=1S/C29H28F5NO2/c1-26-16-23(18-6-4-17(5-7-18)3-2-14-35)25-21-11-9-20(36)15-19(21)8-10-22(25)24(26)12-13-27(26,37)28(30,31)29(32,33)34/h2-7,15,22-24,37H,8-13,16H2,1H3/b3-2+/t22?,23-,24?,26+,27+/m1/s1. The summed E-state index contributed by atoms with van der Waals surface area (Å²) in [5.74, 6) is -6.45. The lowest BCUT2D eigenvalue weighted by Crippen LogP contribution is -2.65. The summed E-state index contributed by atoms with van der Waals surface area (Å²) in [4.78, 5) is 12.1. The van der Waals surface area contributed by atoms with Gasteiger partial charge in [-0.1, -0.05) is 36.8 Å². The van der Waals surface area contributed by atoms with Gasteiger partial charge < -0.3 is 5.11 Å². The van der Waals surface area contributed by atoms with Crippen LogP contribution in [-0.2, 0) is 4.79 Å². The summed E-state index contributed by atoms with van der Waals surface area (Å²) >= 11 is 0. The van der Waals surface area contributed by atoms with Crippen molar-refractivity contribution < 1.29 is 31.9 Å². The lowest BCUT2D eigenvalue weighted by Gasteiger charge is -2.56. The van der Waals surface area contributed by atoms with Gasteiger partial charge in [-0.2, -0.15) is 27.2 Å². The number of ketones is 1. The Morgan fingerprint density at radius 2 is 1.78 bits per heavy atom. The Bertz CT molecular complexity index is 1250. The van der Waals surface area contributed by atoms with E-state index in [2.05, 4.69) is 0 Å². The number of hydrogen-bond donors (Lipinski definition) is 1. The second-order valence-electron chi connectivity index (χ2n) is 11.1. The Labute approximate surface area is 212 Å². The molecular formula is C29H28F5NO2. The second kappa shape index (κ2) is 8.62. The summed E-state index contributed by atoms with van der Waals surface area (Å²) in [7, 11) is 0. The summed E-state index contributed by atoms with van der Waals surface area (Å²) in [6.45, 7) is 1.42. The lowest BCUT2D eigenvalue weighted by molar-refractivity contribution is -0.362. The van der Waals surface area contributed by atoms with E-state index >= 15 is 8.78 Å². The minimum Gasteiger partial charge on any atom is -0.383 e. The minimum atomic E-state index is -5.87. The Balaban J connectivity index is 1.67. The van der Waals surface area contributed by atoms with Gasteiger partial charge in [0.05, 0.1) is 6.07 Å². The average Bonchev–Trinajstić information content (AvgIpc) is 3.13. The van der Waals surface area contributed by atoms with Gasteiger partial charge in [-0.25, -0.2) is 0 Å². The average molecular weight is 518 g/mol. The SMILES string of the molecule is C[C@]12C[C@H](c3ccc(/C=C/C#N)cc3)C3=C4CCC(=O)C=C4CCC3C1CC[C@@]2(O)C(F)(F)C(F)(F)F. The smallest absolute Gasteiger partial charge is 0.383 e. The predicted octanol–water partition coefficient (Wildman–Crippen LogP) is 7.05. The van der Waals surface area contributed by atoms with Gasteiger partial charge >= 0.3 is 12.1 Å². The van der Waals surface area contributed by atoms with Crippen molar-refractivity contribution in [2.75, 3.05) is 0 Å². The van der Waals surface area contributed by atoms with Crippen LogP contribution in [0.1, 0.15) is 68.9 Å². The van der Waals surface area contributed by atoms with E-state index in [0.717, 1.165) is 27.8 Å². The van der Waals surface area contributed by atoms with Gasteiger partial charge in [0.1, 0.15) is 5.60 Å². The van der Waals surface area contributed by atoms with Crippen LogP contribution in [-0.4, -0.2) is 28.6 Å². The van der Waals surface area contributed by atoms with Crippen LogP contribution in [0.4, 0.5) is 22.0 Å². The fourth-order valence-electron chi connectivity index (χ4n) is 7.69. The first-order chi connectivity index (χ1) is 17.3. The number of aliphatic hydroxyl groups is 1. The molecule has 8 heteroatoms. The molecule has 2 fully saturated rings. The number of carbonyl (C=O) groups excluding carboxylic acids is 1. The van der Waals surface area contributed by atoms with Crippen LogP contribution in [0.15, 0.2) is 53.1 Å². The van der Waals surface area contributed by atoms with E-state index in [1.807, 2.05) is 18.2 Å². The fraction of sp³-hybridized carbons (Fsp3) is 0.517. The Kier molecular flexibility index (Phi) is 6.02. The topological polar surface area (TPSA) is 61.1 Å². The van der Waals surface area contributed by atoms with E-state index < -0.39 is 41.4 Å². The second-order valence-corrected chi connectivity index (χ2v) is 11.1. The van der Waals surface area contributed by atoms with Gasteiger partial charge in [-0.3, -0.25) is 4.79 Å². The highest BCUT2D eigenvalue weighted by molar-refractivity contribution is 5.93. The Morgan fingerprint density at radius 1 is 1.08 bits per heavy atom. The molecule has 0 amide bonds.